The van der Waals surface area contributed by atoms with E-state index in [9.17, 15) is 0 Å². The van der Waals surface area contributed by atoms with Crippen molar-refractivity contribution < 1.29 is 9.47 Å². The molecule has 1 spiro atoms. The van der Waals surface area contributed by atoms with Crippen LogP contribution in [-0.4, -0.2) is 71.4 Å². The number of rotatable bonds is 4. The van der Waals surface area contributed by atoms with E-state index in [0.717, 1.165) is 68.9 Å². The number of morpholine rings is 1. The molecule has 2 fully saturated rings. The number of aromatic nitrogens is 2. The molecular weight excluding hydrogens is 348 g/mol. The molecule has 2 aromatic heterocycles. The number of ether oxygens (including phenoxy) is 2. The van der Waals surface area contributed by atoms with E-state index in [-0.39, 0.29) is 5.60 Å². The third-order valence-corrected chi connectivity index (χ3v) is 5.74. The largest absolute Gasteiger partial charge is 0.377 e. The second-order valence-corrected chi connectivity index (χ2v) is 8.25. The van der Waals surface area contributed by atoms with Crippen molar-refractivity contribution >= 4 is 11.3 Å². The Kier molecular flexibility index (Phi) is 5.61. The van der Waals surface area contributed by atoms with Crippen LogP contribution in [0.5, 0.6) is 0 Å². The van der Waals surface area contributed by atoms with Gasteiger partial charge in [-0.1, -0.05) is 6.07 Å². The predicted molar refractivity (Wildman–Crippen MR) is 101 cm³/mol. The van der Waals surface area contributed by atoms with Gasteiger partial charge in [-0.05, 0) is 19.1 Å². The smallest absolute Gasteiger partial charge is 0.117 e. The second-order valence-electron chi connectivity index (χ2n) is 7.18. The molecule has 2 aromatic rings. The summed E-state index contributed by atoms with van der Waals surface area (Å²) in [6, 6.07) is 6.09. The zero-order valence-corrected chi connectivity index (χ0v) is 16.1. The maximum atomic E-state index is 6.28. The van der Waals surface area contributed by atoms with E-state index < -0.39 is 0 Å². The molecule has 2 aliphatic rings. The molecule has 26 heavy (non-hydrogen) atoms. The average molecular weight is 375 g/mol. The van der Waals surface area contributed by atoms with Crippen LogP contribution in [0.4, 0.5) is 0 Å². The first-order chi connectivity index (χ1) is 12.7. The summed E-state index contributed by atoms with van der Waals surface area (Å²) in [5.41, 5.74) is 1.98. The molecule has 2 aliphatic heterocycles. The molecule has 0 N–H and O–H groups in total. The summed E-state index contributed by atoms with van der Waals surface area (Å²) >= 11 is 1.71. The van der Waals surface area contributed by atoms with Crippen molar-refractivity contribution in [2.75, 3.05) is 46.0 Å². The third kappa shape index (κ3) is 4.47. The van der Waals surface area contributed by atoms with Crippen LogP contribution in [0.25, 0.3) is 0 Å². The molecule has 0 radical (unpaired) electrons. The fraction of sp³-hybridized carbons (Fsp3) is 0.579. The quantitative estimate of drug-likeness (QED) is 0.815. The maximum Gasteiger partial charge on any atom is 0.117 e. The van der Waals surface area contributed by atoms with Crippen molar-refractivity contribution in [1.82, 2.24) is 19.8 Å². The van der Waals surface area contributed by atoms with Gasteiger partial charge in [0.1, 0.15) is 5.60 Å². The zero-order chi connectivity index (χ0) is 17.8. The van der Waals surface area contributed by atoms with Gasteiger partial charge in [0.15, 0.2) is 0 Å². The van der Waals surface area contributed by atoms with E-state index in [4.69, 9.17) is 9.47 Å². The van der Waals surface area contributed by atoms with Crippen molar-refractivity contribution in [3.63, 3.8) is 0 Å². The Balaban J connectivity index is 1.43. The lowest BCUT2D eigenvalue weighted by Crippen LogP contribution is -2.58. The Morgan fingerprint density at radius 1 is 1.12 bits per heavy atom. The molecule has 0 aromatic carbocycles. The van der Waals surface area contributed by atoms with Gasteiger partial charge in [-0.15, -0.1) is 11.3 Å². The van der Waals surface area contributed by atoms with E-state index in [0.29, 0.717) is 6.61 Å². The van der Waals surface area contributed by atoms with Crippen LogP contribution in [0.2, 0.25) is 0 Å². The summed E-state index contributed by atoms with van der Waals surface area (Å²) in [5, 5.41) is 3.28. The third-order valence-electron chi connectivity index (χ3n) is 4.92. The summed E-state index contributed by atoms with van der Waals surface area (Å²) in [6.45, 7) is 9.51. The zero-order valence-electron chi connectivity index (χ0n) is 15.3. The summed E-state index contributed by atoms with van der Waals surface area (Å²) < 4.78 is 12.2. The fourth-order valence-electron chi connectivity index (χ4n) is 3.79. The second kappa shape index (κ2) is 8.10. The first kappa shape index (κ1) is 18.0. The first-order valence-electron chi connectivity index (χ1n) is 9.18. The SMILES string of the molecule is Cc1nc(CN2CCOC[C@]3(CN(Cc4ccccn4)CCO3)C2)cs1. The lowest BCUT2D eigenvalue weighted by molar-refractivity contribution is -0.143. The van der Waals surface area contributed by atoms with Gasteiger partial charge < -0.3 is 9.47 Å². The molecule has 2 saturated heterocycles. The van der Waals surface area contributed by atoms with Gasteiger partial charge in [0.05, 0.1) is 36.2 Å². The van der Waals surface area contributed by atoms with Gasteiger partial charge >= 0.3 is 0 Å². The molecule has 0 saturated carbocycles. The van der Waals surface area contributed by atoms with Crippen LogP contribution < -0.4 is 0 Å². The molecule has 0 bridgehead atoms. The molecule has 7 heteroatoms. The van der Waals surface area contributed by atoms with Gasteiger partial charge in [-0.25, -0.2) is 4.98 Å². The lowest BCUT2D eigenvalue weighted by atomic mass is 10.0. The van der Waals surface area contributed by atoms with Crippen LogP contribution in [-0.2, 0) is 22.6 Å². The number of hydrogen-bond acceptors (Lipinski definition) is 7. The van der Waals surface area contributed by atoms with Crippen molar-refractivity contribution in [3.8, 4) is 0 Å². The lowest BCUT2D eigenvalue weighted by Gasteiger charge is -2.43. The van der Waals surface area contributed by atoms with Gasteiger partial charge in [-0.3, -0.25) is 14.8 Å². The summed E-state index contributed by atoms with van der Waals surface area (Å²) in [7, 11) is 0. The van der Waals surface area contributed by atoms with Gasteiger partial charge in [-0.2, -0.15) is 0 Å². The molecule has 0 unspecified atom stereocenters. The number of aryl methyl sites for hydroxylation is 1. The molecule has 4 heterocycles. The summed E-state index contributed by atoms with van der Waals surface area (Å²) in [5.74, 6) is 0. The van der Waals surface area contributed by atoms with E-state index >= 15 is 0 Å². The van der Waals surface area contributed by atoms with Gasteiger partial charge in [0.2, 0.25) is 0 Å². The van der Waals surface area contributed by atoms with Gasteiger partial charge in [0, 0.05) is 50.8 Å². The van der Waals surface area contributed by atoms with E-state index in [1.807, 2.05) is 18.3 Å². The number of nitrogens with zero attached hydrogens (tertiary/aromatic N) is 4. The van der Waals surface area contributed by atoms with E-state index in [1.54, 1.807) is 11.3 Å². The Bertz CT molecular complexity index is 711. The number of hydrogen-bond donors (Lipinski definition) is 0. The summed E-state index contributed by atoms with van der Waals surface area (Å²) in [6.07, 6.45) is 1.86. The topological polar surface area (TPSA) is 50.7 Å². The first-order valence-corrected chi connectivity index (χ1v) is 10.1. The highest BCUT2D eigenvalue weighted by Crippen LogP contribution is 2.24. The Morgan fingerprint density at radius 3 is 2.65 bits per heavy atom. The molecule has 1 atom stereocenters. The summed E-state index contributed by atoms with van der Waals surface area (Å²) in [4.78, 5) is 13.9. The maximum absolute atomic E-state index is 6.28. The van der Waals surface area contributed by atoms with Crippen molar-refractivity contribution in [1.29, 1.82) is 0 Å². The highest BCUT2D eigenvalue weighted by molar-refractivity contribution is 7.09. The van der Waals surface area contributed by atoms with Crippen LogP contribution in [0.1, 0.15) is 16.4 Å². The average Bonchev–Trinajstić information content (AvgIpc) is 2.94. The molecule has 6 nitrogen and oxygen atoms in total. The minimum Gasteiger partial charge on any atom is -0.377 e. The minimum absolute atomic E-state index is 0.269. The van der Waals surface area contributed by atoms with Crippen LogP contribution in [0.3, 0.4) is 0 Å². The van der Waals surface area contributed by atoms with Crippen LogP contribution in [0, 0.1) is 6.92 Å². The Hall–Kier alpha value is -1.38. The van der Waals surface area contributed by atoms with Crippen molar-refractivity contribution in [3.05, 3.63) is 46.2 Å². The van der Waals surface area contributed by atoms with Gasteiger partial charge in [0.25, 0.3) is 0 Å². The molecular formula is C19H26N4O2S. The standard InChI is InChI=1S/C19H26N4O2S/c1-16-21-18(12-26-16)11-22-6-8-24-15-19(13-22)14-23(7-9-25-19)10-17-4-2-3-5-20-17/h2-5,12H,6-11,13-15H2,1H3/t19-/m1/s1. The van der Waals surface area contributed by atoms with Crippen LogP contribution >= 0.6 is 11.3 Å². The molecule has 0 aliphatic carbocycles. The Morgan fingerprint density at radius 2 is 1.92 bits per heavy atom. The molecule has 4 rings (SSSR count). The minimum atomic E-state index is -0.269. The number of pyridine rings is 1. The predicted octanol–water partition coefficient (Wildman–Crippen LogP) is 1.95. The normalized spacial score (nSPS) is 25.4. The van der Waals surface area contributed by atoms with Crippen molar-refractivity contribution in [2.45, 2.75) is 25.6 Å². The van der Waals surface area contributed by atoms with E-state index in [2.05, 4.69) is 38.1 Å². The Labute approximate surface area is 158 Å². The highest BCUT2D eigenvalue weighted by Gasteiger charge is 2.40. The van der Waals surface area contributed by atoms with Crippen molar-refractivity contribution in [2.24, 2.45) is 0 Å². The van der Waals surface area contributed by atoms with E-state index in [1.165, 1.54) is 0 Å². The van der Waals surface area contributed by atoms with Crippen LogP contribution in [0.15, 0.2) is 29.8 Å². The molecule has 140 valence electrons. The highest BCUT2D eigenvalue weighted by atomic mass is 32.1. The molecule has 0 amide bonds. The number of thiazole rings is 1. The monoisotopic (exact) mass is 374 g/mol. The fourth-order valence-corrected chi connectivity index (χ4v) is 4.39.